The zero-order valence-corrected chi connectivity index (χ0v) is 11.9. The maximum absolute atomic E-state index is 8.87. The van der Waals surface area contributed by atoms with Gasteiger partial charge in [0.2, 0.25) is 0 Å². The van der Waals surface area contributed by atoms with Gasteiger partial charge in [-0.15, -0.1) is 0 Å². The van der Waals surface area contributed by atoms with Crippen LogP contribution in [0.1, 0.15) is 31.2 Å². The van der Waals surface area contributed by atoms with Gasteiger partial charge < -0.3 is 15.8 Å². The summed E-state index contributed by atoms with van der Waals surface area (Å²) in [6, 6.07) is 5.84. The van der Waals surface area contributed by atoms with Gasteiger partial charge in [0.1, 0.15) is 0 Å². The largest absolute Gasteiger partial charge is 0.409 e. The predicted octanol–water partition coefficient (Wildman–Crippen LogP) is 2.92. The summed E-state index contributed by atoms with van der Waals surface area (Å²) in [5, 5.41) is 12.0. The van der Waals surface area contributed by atoms with Crippen molar-refractivity contribution in [3.63, 3.8) is 0 Å². The van der Waals surface area contributed by atoms with Gasteiger partial charge in [-0.2, -0.15) is 0 Å². The summed E-state index contributed by atoms with van der Waals surface area (Å²) >= 11 is 3.48. The minimum Gasteiger partial charge on any atom is -0.409 e. The van der Waals surface area contributed by atoms with E-state index in [9.17, 15) is 0 Å². The van der Waals surface area contributed by atoms with Gasteiger partial charge in [0.25, 0.3) is 0 Å². The minimum atomic E-state index is 0.168. The highest BCUT2D eigenvalue weighted by Crippen LogP contribution is 2.27. The van der Waals surface area contributed by atoms with E-state index in [1.165, 1.54) is 25.7 Å². The summed E-state index contributed by atoms with van der Waals surface area (Å²) in [5.41, 5.74) is 7.59. The lowest BCUT2D eigenvalue weighted by molar-refractivity contribution is 0.318. The molecule has 0 atom stereocenters. The van der Waals surface area contributed by atoms with Crippen molar-refractivity contribution in [1.29, 1.82) is 0 Å². The minimum absolute atomic E-state index is 0.168. The standard InChI is InChI=1S/C13H18BrN3O/c14-10-5-6-11(13(15)16-18)12(9-10)17-7-3-1-2-4-8-17/h5-6,9,18H,1-4,7-8H2,(H2,15,16). The Hall–Kier alpha value is -1.23. The lowest BCUT2D eigenvalue weighted by atomic mass is 10.1. The van der Waals surface area contributed by atoms with Crippen LogP contribution in [0.5, 0.6) is 0 Å². The molecule has 4 nitrogen and oxygen atoms in total. The molecule has 1 saturated heterocycles. The Morgan fingerprint density at radius 1 is 1.22 bits per heavy atom. The van der Waals surface area contributed by atoms with E-state index >= 15 is 0 Å². The molecule has 5 heteroatoms. The fourth-order valence-corrected chi connectivity index (χ4v) is 2.70. The van der Waals surface area contributed by atoms with Crippen LogP contribution in [-0.4, -0.2) is 24.1 Å². The molecule has 1 heterocycles. The van der Waals surface area contributed by atoms with Crippen LogP contribution >= 0.6 is 15.9 Å². The fraction of sp³-hybridized carbons (Fsp3) is 0.462. The Kier molecular flexibility index (Phi) is 4.47. The van der Waals surface area contributed by atoms with Crippen molar-refractivity contribution in [2.24, 2.45) is 10.9 Å². The van der Waals surface area contributed by atoms with Crippen molar-refractivity contribution in [2.75, 3.05) is 18.0 Å². The molecule has 0 aromatic heterocycles. The first-order valence-electron chi connectivity index (χ1n) is 6.25. The number of halogens is 1. The summed E-state index contributed by atoms with van der Waals surface area (Å²) < 4.78 is 1.01. The SMILES string of the molecule is N/C(=N/O)c1ccc(Br)cc1N1CCCCCC1. The van der Waals surface area contributed by atoms with Gasteiger partial charge in [-0.3, -0.25) is 0 Å². The van der Waals surface area contributed by atoms with E-state index < -0.39 is 0 Å². The topological polar surface area (TPSA) is 61.9 Å². The summed E-state index contributed by atoms with van der Waals surface area (Å²) in [6.45, 7) is 2.06. The summed E-state index contributed by atoms with van der Waals surface area (Å²) in [5.74, 6) is 0.168. The van der Waals surface area contributed by atoms with Crippen LogP contribution in [0.15, 0.2) is 27.8 Å². The molecule has 0 radical (unpaired) electrons. The highest BCUT2D eigenvalue weighted by atomic mass is 79.9. The Balaban J connectivity index is 2.37. The molecule has 0 saturated carbocycles. The molecule has 1 aliphatic heterocycles. The molecule has 2 rings (SSSR count). The smallest absolute Gasteiger partial charge is 0.172 e. The average Bonchev–Trinajstić information content (AvgIpc) is 2.66. The predicted molar refractivity (Wildman–Crippen MR) is 77.3 cm³/mol. The normalized spacial score (nSPS) is 17.6. The van der Waals surface area contributed by atoms with Gasteiger partial charge in [0.05, 0.1) is 0 Å². The zero-order chi connectivity index (χ0) is 13.0. The van der Waals surface area contributed by atoms with Crippen molar-refractivity contribution in [3.8, 4) is 0 Å². The van der Waals surface area contributed by atoms with E-state index in [4.69, 9.17) is 10.9 Å². The second-order valence-corrected chi connectivity index (χ2v) is 5.46. The third-order valence-corrected chi connectivity index (χ3v) is 3.78. The van der Waals surface area contributed by atoms with Gasteiger partial charge in [-0.25, -0.2) is 0 Å². The molecule has 3 N–H and O–H groups in total. The Morgan fingerprint density at radius 2 is 1.89 bits per heavy atom. The maximum atomic E-state index is 8.87. The van der Waals surface area contributed by atoms with Gasteiger partial charge >= 0.3 is 0 Å². The summed E-state index contributed by atoms with van der Waals surface area (Å²) in [6.07, 6.45) is 4.96. The molecule has 0 aliphatic carbocycles. The van der Waals surface area contributed by atoms with Crippen LogP contribution in [-0.2, 0) is 0 Å². The van der Waals surface area contributed by atoms with E-state index in [1.54, 1.807) is 0 Å². The van der Waals surface area contributed by atoms with E-state index in [0.717, 1.165) is 28.8 Å². The first-order chi connectivity index (χ1) is 8.72. The Bertz CT molecular complexity index is 440. The van der Waals surface area contributed by atoms with Gasteiger partial charge in [-0.05, 0) is 31.0 Å². The maximum Gasteiger partial charge on any atom is 0.172 e. The molecule has 0 amide bonds. The second-order valence-electron chi connectivity index (χ2n) is 4.55. The number of rotatable bonds is 2. The van der Waals surface area contributed by atoms with Crippen LogP contribution in [0.4, 0.5) is 5.69 Å². The van der Waals surface area contributed by atoms with Gasteiger partial charge in [0, 0.05) is 28.8 Å². The molecule has 0 unspecified atom stereocenters. The monoisotopic (exact) mass is 311 g/mol. The van der Waals surface area contributed by atoms with Crippen LogP contribution < -0.4 is 10.6 Å². The van der Waals surface area contributed by atoms with Crippen LogP contribution in [0.3, 0.4) is 0 Å². The highest BCUT2D eigenvalue weighted by Gasteiger charge is 2.16. The lowest BCUT2D eigenvalue weighted by Gasteiger charge is -2.25. The van der Waals surface area contributed by atoms with Crippen molar-refractivity contribution in [2.45, 2.75) is 25.7 Å². The third-order valence-electron chi connectivity index (χ3n) is 3.29. The van der Waals surface area contributed by atoms with E-state index in [-0.39, 0.29) is 5.84 Å². The summed E-state index contributed by atoms with van der Waals surface area (Å²) in [7, 11) is 0. The molecule has 1 aliphatic rings. The van der Waals surface area contributed by atoms with Gasteiger partial charge in [0.15, 0.2) is 5.84 Å². The molecular weight excluding hydrogens is 294 g/mol. The lowest BCUT2D eigenvalue weighted by Crippen LogP contribution is -2.27. The van der Waals surface area contributed by atoms with E-state index in [1.807, 2.05) is 18.2 Å². The van der Waals surface area contributed by atoms with Gasteiger partial charge in [-0.1, -0.05) is 33.9 Å². The van der Waals surface area contributed by atoms with E-state index in [2.05, 4.69) is 26.0 Å². The Morgan fingerprint density at radius 3 is 2.50 bits per heavy atom. The van der Waals surface area contributed by atoms with E-state index in [0.29, 0.717) is 0 Å². The fourth-order valence-electron chi connectivity index (χ4n) is 2.35. The first-order valence-corrected chi connectivity index (χ1v) is 7.04. The van der Waals surface area contributed by atoms with Crippen LogP contribution in [0.2, 0.25) is 0 Å². The van der Waals surface area contributed by atoms with Crippen molar-refractivity contribution in [1.82, 2.24) is 0 Å². The first kappa shape index (κ1) is 13.2. The number of anilines is 1. The number of oxime groups is 1. The van der Waals surface area contributed by atoms with Crippen molar-refractivity contribution >= 4 is 27.5 Å². The summed E-state index contributed by atoms with van der Waals surface area (Å²) in [4.78, 5) is 2.32. The number of nitrogens with two attached hydrogens (primary N) is 1. The molecule has 1 fully saturated rings. The molecule has 98 valence electrons. The molecule has 18 heavy (non-hydrogen) atoms. The third kappa shape index (κ3) is 2.96. The molecule has 0 spiro atoms. The molecule has 0 bridgehead atoms. The van der Waals surface area contributed by atoms with Crippen molar-refractivity contribution in [3.05, 3.63) is 28.2 Å². The van der Waals surface area contributed by atoms with Crippen LogP contribution in [0, 0.1) is 0 Å². The molecule has 1 aromatic rings. The number of amidine groups is 1. The quantitative estimate of drug-likeness (QED) is 0.382. The number of benzene rings is 1. The number of hydrogen-bond acceptors (Lipinski definition) is 3. The average molecular weight is 312 g/mol. The number of hydrogen-bond donors (Lipinski definition) is 2. The second kappa shape index (κ2) is 6.09. The zero-order valence-electron chi connectivity index (χ0n) is 10.3. The number of nitrogens with zero attached hydrogens (tertiary/aromatic N) is 2. The molecular formula is C13H18BrN3O. The van der Waals surface area contributed by atoms with Crippen LogP contribution in [0.25, 0.3) is 0 Å². The highest BCUT2D eigenvalue weighted by molar-refractivity contribution is 9.10. The molecule has 1 aromatic carbocycles. The van der Waals surface area contributed by atoms with Crippen molar-refractivity contribution < 1.29 is 5.21 Å². The Labute approximate surface area is 116 Å².